The molecule has 0 aliphatic carbocycles. The van der Waals surface area contributed by atoms with Crippen LogP contribution in [0.1, 0.15) is 22.0 Å². The largest absolute Gasteiger partial charge is 0.347 e. The second-order valence-corrected chi connectivity index (χ2v) is 11.0. The third-order valence-corrected chi connectivity index (χ3v) is 9.57. The molecular weight excluding hydrogens is 417 g/mol. The lowest BCUT2D eigenvalue weighted by molar-refractivity contribution is 0.0809. The number of aryl methyl sites for hydroxylation is 1. The van der Waals surface area contributed by atoms with Crippen LogP contribution >= 0.6 is 7.14 Å². The molecular formula is C26H22N3O2P. The van der Waals surface area contributed by atoms with Gasteiger partial charge in [0.2, 0.25) is 0 Å². The van der Waals surface area contributed by atoms with Gasteiger partial charge in [0, 0.05) is 52.9 Å². The molecule has 1 amide bonds. The zero-order valence-corrected chi connectivity index (χ0v) is 18.6. The average Bonchev–Trinajstić information content (AvgIpc) is 3.15. The van der Waals surface area contributed by atoms with Gasteiger partial charge in [-0.1, -0.05) is 78.9 Å². The molecule has 0 radical (unpaired) electrons. The summed E-state index contributed by atoms with van der Waals surface area (Å²) >= 11 is 0. The minimum atomic E-state index is -3.03. The molecule has 3 aromatic carbocycles. The van der Waals surface area contributed by atoms with Crippen molar-refractivity contribution in [1.29, 1.82) is 5.26 Å². The maximum absolute atomic E-state index is 14.7. The van der Waals surface area contributed by atoms with E-state index in [9.17, 15) is 14.6 Å². The molecule has 6 heteroatoms. The van der Waals surface area contributed by atoms with E-state index in [2.05, 4.69) is 0 Å². The maximum Gasteiger partial charge on any atom is 0.269 e. The van der Waals surface area contributed by atoms with Gasteiger partial charge in [-0.3, -0.25) is 4.79 Å². The average molecular weight is 439 g/mol. The van der Waals surface area contributed by atoms with Crippen LogP contribution in [0.15, 0.2) is 84.9 Å². The number of amides is 1. The van der Waals surface area contributed by atoms with Crippen LogP contribution in [0.3, 0.4) is 0 Å². The molecule has 0 unspecified atom stereocenters. The first-order valence-electron chi connectivity index (χ1n) is 10.5. The first-order chi connectivity index (χ1) is 15.5. The van der Waals surface area contributed by atoms with E-state index in [1.165, 1.54) is 4.90 Å². The Morgan fingerprint density at radius 2 is 1.50 bits per heavy atom. The fraction of sp³-hybridized carbons (Fsp3) is 0.154. The summed E-state index contributed by atoms with van der Waals surface area (Å²) in [6.07, 6.45) is 2.39. The predicted octanol–water partition coefficient (Wildman–Crippen LogP) is 4.21. The number of carbonyl (C=O) groups is 1. The van der Waals surface area contributed by atoms with Crippen molar-refractivity contribution >= 4 is 34.6 Å². The molecule has 1 aliphatic heterocycles. The summed E-state index contributed by atoms with van der Waals surface area (Å²) in [4.78, 5) is 14.4. The molecule has 5 nitrogen and oxygen atoms in total. The monoisotopic (exact) mass is 439 g/mol. The SMILES string of the molecule is Cn1c2c(c3ccccc31)C(=O)N(C#N)C[C@@H]2CP(=O)(c1ccccc1)c1ccccc1. The van der Waals surface area contributed by atoms with Gasteiger partial charge in [0.15, 0.2) is 6.19 Å². The molecule has 0 saturated heterocycles. The van der Waals surface area contributed by atoms with Gasteiger partial charge in [0.25, 0.3) is 5.91 Å². The van der Waals surface area contributed by atoms with Gasteiger partial charge in [0.1, 0.15) is 7.14 Å². The molecule has 2 heterocycles. The lowest BCUT2D eigenvalue weighted by Crippen LogP contribution is -2.39. The van der Waals surface area contributed by atoms with E-state index in [1.807, 2.05) is 103 Å². The molecule has 158 valence electrons. The normalized spacial score (nSPS) is 16.1. The highest BCUT2D eigenvalue weighted by molar-refractivity contribution is 7.78. The van der Waals surface area contributed by atoms with Crippen molar-refractivity contribution in [2.24, 2.45) is 7.05 Å². The van der Waals surface area contributed by atoms with Gasteiger partial charge in [-0.2, -0.15) is 5.26 Å². The smallest absolute Gasteiger partial charge is 0.269 e. The Hall–Kier alpha value is -3.61. The van der Waals surface area contributed by atoms with Gasteiger partial charge in [-0.25, -0.2) is 4.90 Å². The highest BCUT2D eigenvalue weighted by atomic mass is 31.2. The third kappa shape index (κ3) is 3.07. The predicted molar refractivity (Wildman–Crippen MR) is 127 cm³/mol. The molecule has 4 aromatic rings. The number of hydrogen-bond donors (Lipinski definition) is 0. The summed E-state index contributed by atoms with van der Waals surface area (Å²) in [5.41, 5.74) is 2.34. The van der Waals surface area contributed by atoms with Crippen molar-refractivity contribution in [2.75, 3.05) is 12.7 Å². The summed E-state index contributed by atoms with van der Waals surface area (Å²) in [5, 5.41) is 12.1. The van der Waals surface area contributed by atoms with Crippen LogP contribution in [0, 0.1) is 11.5 Å². The van der Waals surface area contributed by atoms with Gasteiger partial charge < -0.3 is 9.13 Å². The number of para-hydroxylation sites is 1. The number of carbonyl (C=O) groups excluding carboxylic acids is 1. The van der Waals surface area contributed by atoms with Crippen molar-refractivity contribution < 1.29 is 9.36 Å². The molecule has 32 heavy (non-hydrogen) atoms. The standard InChI is InChI=1S/C26H22N3O2P/c1-28-23-15-9-8-14-22(23)24-25(28)19(16-29(18-27)26(24)30)17-32(31,20-10-4-2-5-11-20)21-12-6-3-7-13-21/h2-15,19H,16-17H2,1H3/t19-/m1/s1. The van der Waals surface area contributed by atoms with Gasteiger partial charge in [-0.05, 0) is 6.07 Å². The molecule has 0 saturated carbocycles. The van der Waals surface area contributed by atoms with Gasteiger partial charge in [-0.15, -0.1) is 0 Å². The van der Waals surface area contributed by atoms with Crippen LogP contribution < -0.4 is 10.6 Å². The second kappa shape index (κ2) is 7.82. The van der Waals surface area contributed by atoms with E-state index in [0.29, 0.717) is 11.7 Å². The van der Waals surface area contributed by atoms with Crippen LogP contribution in [-0.4, -0.2) is 28.1 Å². The first-order valence-corrected chi connectivity index (χ1v) is 12.4. The molecule has 0 N–H and O–H groups in total. The minimum absolute atomic E-state index is 0.218. The van der Waals surface area contributed by atoms with E-state index in [4.69, 9.17) is 0 Å². The summed E-state index contributed by atoms with van der Waals surface area (Å²) in [6.45, 7) is 0.218. The summed E-state index contributed by atoms with van der Waals surface area (Å²) < 4.78 is 16.7. The highest BCUT2D eigenvalue weighted by Gasteiger charge is 2.40. The van der Waals surface area contributed by atoms with Crippen LogP contribution in [0.2, 0.25) is 0 Å². The second-order valence-electron chi connectivity index (χ2n) is 8.14. The maximum atomic E-state index is 14.7. The summed E-state index contributed by atoms with van der Waals surface area (Å²) in [7, 11) is -1.08. The van der Waals surface area contributed by atoms with Gasteiger partial charge >= 0.3 is 0 Å². The molecule has 0 bridgehead atoms. The van der Waals surface area contributed by atoms with Crippen molar-refractivity contribution in [3.05, 3.63) is 96.2 Å². The number of benzene rings is 3. The van der Waals surface area contributed by atoms with E-state index in [-0.39, 0.29) is 18.4 Å². The number of nitriles is 1. The Labute approximate surface area is 186 Å². The third-order valence-electron chi connectivity index (χ3n) is 6.35. The number of fused-ring (bicyclic) bond motifs is 3. The number of aromatic nitrogens is 1. The van der Waals surface area contributed by atoms with Crippen LogP contribution in [0.25, 0.3) is 10.9 Å². The Morgan fingerprint density at radius 3 is 2.09 bits per heavy atom. The van der Waals surface area contributed by atoms with Crippen molar-refractivity contribution in [3.63, 3.8) is 0 Å². The zero-order valence-electron chi connectivity index (χ0n) is 17.7. The fourth-order valence-electron chi connectivity index (χ4n) is 4.88. The first kappa shape index (κ1) is 20.3. The molecule has 1 atom stereocenters. The van der Waals surface area contributed by atoms with Crippen LogP contribution in [0.5, 0.6) is 0 Å². The zero-order chi connectivity index (χ0) is 22.3. The molecule has 0 spiro atoms. The van der Waals surface area contributed by atoms with Crippen LogP contribution in [0.4, 0.5) is 0 Å². The fourth-order valence-corrected chi connectivity index (χ4v) is 7.82. The lowest BCUT2D eigenvalue weighted by Gasteiger charge is -2.32. The minimum Gasteiger partial charge on any atom is -0.347 e. The highest BCUT2D eigenvalue weighted by Crippen LogP contribution is 2.49. The molecule has 1 aliphatic rings. The molecule has 5 rings (SSSR count). The topological polar surface area (TPSA) is 66.1 Å². The summed E-state index contributed by atoms with van der Waals surface area (Å²) in [6, 6.07) is 26.8. The van der Waals surface area contributed by atoms with E-state index >= 15 is 0 Å². The number of nitrogens with zero attached hydrogens (tertiary/aromatic N) is 3. The molecule has 1 aromatic heterocycles. The van der Waals surface area contributed by atoms with Crippen molar-refractivity contribution in [2.45, 2.75) is 5.92 Å². The van der Waals surface area contributed by atoms with E-state index in [0.717, 1.165) is 27.2 Å². The van der Waals surface area contributed by atoms with Gasteiger partial charge in [0.05, 0.1) is 5.56 Å². The quantitative estimate of drug-likeness (QED) is 0.353. The van der Waals surface area contributed by atoms with Crippen molar-refractivity contribution in [1.82, 2.24) is 9.47 Å². The van der Waals surface area contributed by atoms with Crippen molar-refractivity contribution in [3.8, 4) is 6.19 Å². The summed E-state index contributed by atoms with van der Waals surface area (Å²) in [5.74, 6) is -0.532. The Bertz CT molecular complexity index is 1360. The Kier molecular flexibility index (Phi) is 4.96. The Balaban J connectivity index is 1.71. The Morgan fingerprint density at radius 1 is 0.938 bits per heavy atom. The van der Waals surface area contributed by atoms with E-state index in [1.54, 1.807) is 0 Å². The van der Waals surface area contributed by atoms with Crippen LogP contribution in [-0.2, 0) is 11.6 Å². The van der Waals surface area contributed by atoms with E-state index < -0.39 is 7.14 Å². The number of hydrogen-bond acceptors (Lipinski definition) is 3. The number of rotatable bonds is 4. The molecule has 0 fully saturated rings. The lowest BCUT2D eigenvalue weighted by atomic mass is 9.96.